The van der Waals surface area contributed by atoms with Crippen LogP contribution in [0.4, 0.5) is 28.4 Å². The standard InChI is InChI=1S/C47H53ClN8O6S2/c1-47(2)15-11-34(39(28-47)32-3-5-35(48)6-4-32)30-53-17-19-54(20-18-53)36-7-9-38(41(26-36)55-21-22-62-46-43(55)25-33-12-16-49-44(33)51-46)45(57)52-64(60,61)37-8-10-40(42(27-37)56(58)59)50-29-31-13-23-63-24-14-31/h3-10,12,16,25-27,31,50H,11,13-15,17-24,28-30H2,1-2H3,(H,49,51)(H,52,57). The van der Waals surface area contributed by atoms with E-state index in [1.54, 1.807) is 12.3 Å². The fourth-order valence-electron chi connectivity index (χ4n) is 9.31. The number of allylic oxidation sites excluding steroid dienone is 1. The van der Waals surface area contributed by atoms with Crippen molar-refractivity contribution in [3.8, 4) is 5.88 Å². The number of hydrogen-bond donors (Lipinski definition) is 3. The van der Waals surface area contributed by atoms with Gasteiger partial charge in [-0.15, -0.1) is 0 Å². The number of piperazine rings is 1. The number of rotatable bonds is 12. The van der Waals surface area contributed by atoms with Gasteiger partial charge in [0.05, 0.1) is 27.6 Å². The third-order valence-electron chi connectivity index (χ3n) is 13.0. The Balaban J connectivity index is 0.975. The lowest BCUT2D eigenvalue weighted by atomic mass is 9.72. The van der Waals surface area contributed by atoms with Crippen LogP contribution in [0, 0.1) is 21.4 Å². The molecule has 5 aromatic rings. The van der Waals surface area contributed by atoms with E-state index in [4.69, 9.17) is 21.3 Å². The molecule has 2 fully saturated rings. The van der Waals surface area contributed by atoms with Crippen molar-refractivity contribution in [3.05, 3.63) is 111 Å². The van der Waals surface area contributed by atoms with Gasteiger partial charge in [-0.1, -0.05) is 43.2 Å². The summed E-state index contributed by atoms with van der Waals surface area (Å²) in [6.07, 6.45) is 7.03. The largest absolute Gasteiger partial charge is 0.474 e. The number of fused-ring (bicyclic) bond motifs is 2. The number of halogens is 1. The number of amides is 1. The zero-order valence-corrected chi connectivity index (χ0v) is 38.5. The molecule has 3 aromatic carbocycles. The Hall–Kier alpha value is -5.29. The van der Waals surface area contributed by atoms with Crippen LogP contribution in [0.5, 0.6) is 5.88 Å². The van der Waals surface area contributed by atoms with Crippen molar-refractivity contribution in [2.45, 2.75) is 50.8 Å². The summed E-state index contributed by atoms with van der Waals surface area (Å²) < 4.78 is 36.0. The third-order valence-corrected chi connectivity index (χ3v) is 15.6. The average Bonchev–Trinajstić information content (AvgIpc) is 3.76. The van der Waals surface area contributed by atoms with E-state index in [0.717, 1.165) is 98.5 Å². The highest BCUT2D eigenvalue weighted by molar-refractivity contribution is 7.99. The first-order valence-corrected chi connectivity index (χ1v) is 25.0. The Labute approximate surface area is 383 Å². The fraction of sp³-hybridized carbons (Fsp3) is 0.404. The molecule has 2 saturated heterocycles. The molecule has 64 heavy (non-hydrogen) atoms. The van der Waals surface area contributed by atoms with E-state index in [0.29, 0.717) is 41.9 Å². The minimum atomic E-state index is -4.54. The summed E-state index contributed by atoms with van der Waals surface area (Å²) in [5.41, 5.74) is 7.03. The second-order valence-corrected chi connectivity index (χ2v) is 21.3. The molecular weight excluding hydrogens is 872 g/mol. The zero-order valence-electron chi connectivity index (χ0n) is 36.1. The Morgan fingerprint density at radius 2 is 1.78 bits per heavy atom. The Kier molecular flexibility index (Phi) is 12.6. The summed E-state index contributed by atoms with van der Waals surface area (Å²) in [7, 11) is -4.54. The van der Waals surface area contributed by atoms with Gasteiger partial charge in [-0.3, -0.25) is 19.8 Å². The van der Waals surface area contributed by atoms with Crippen molar-refractivity contribution in [3.63, 3.8) is 0 Å². The van der Waals surface area contributed by atoms with Crippen LogP contribution < -0.4 is 24.6 Å². The quantitative estimate of drug-likeness (QED) is 0.0804. The van der Waals surface area contributed by atoms with Gasteiger partial charge in [-0.25, -0.2) is 13.1 Å². The molecule has 0 saturated carbocycles. The zero-order chi connectivity index (χ0) is 44.6. The maximum Gasteiger partial charge on any atom is 0.293 e. The lowest BCUT2D eigenvalue weighted by molar-refractivity contribution is -0.384. The van der Waals surface area contributed by atoms with E-state index in [9.17, 15) is 23.3 Å². The fourth-order valence-corrected chi connectivity index (χ4v) is 11.6. The average molecular weight is 926 g/mol. The lowest BCUT2D eigenvalue weighted by Crippen LogP contribution is -2.47. The Morgan fingerprint density at radius 3 is 2.55 bits per heavy atom. The van der Waals surface area contributed by atoms with E-state index in [-0.39, 0.29) is 33.9 Å². The second-order valence-electron chi connectivity index (χ2n) is 17.9. The number of aromatic amines is 1. The minimum Gasteiger partial charge on any atom is -0.474 e. The summed E-state index contributed by atoms with van der Waals surface area (Å²) in [6, 6.07) is 21.2. The maximum atomic E-state index is 14.3. The highest BCUT2D eigenvalue weighted by Crippen LogP contribution is 2.44. The van der Waals surface area contributed by atoms with Crippen molar-refractivity contribution >= 4 is 84.3 Å². The van der Waals surface area contributed by atoms with Crippen LogP contribution in [0.1, 0.15) is 61.9 Å². The first-order chi connectivity index (χ1) is 30.8. The molecule has 5 heterocycles. The van der Waals surface area contributed by atoms with Gasteiger partial charge >= 0.3 is 0 Å². The van der Waals surface area contributed by atoms with E-state index in [1.165, 1.54) is 28.8 Å². The first kappa shape index (κ1) is 43.9. The molecule has 1 aliphatic carbocycles. The van der Waals surface area contributed by atoms with Gasteiger partial charge in [-0.05, 0) is 121 Å². The van der Waals surface area contributed by atoms with Crippen LogP contribution in [0.3, 0.4) is 0 Å². The Morgan fingerprint density at radius 1 is 1.00 bits per heavy atom. The SMILES string of the molecule is CC1(C)CCC(CN2CCN(c3ccc(C(=O)NS(=O)(=O)c4ccc(NCC5CCSCC5)c([N+](=O)[O-])c4)c(N4CCOc5nc6[nH]ccc6cc54)c3)CC2)=C(c2ccc(Cl)cc2)C1. The lowest BCUT2D eigenvalue weighted by Gasteiger charge is -2.39. The molecule has 0 spiro atoms. The molecule has 1 amide bonds. The molecule has 336 valence electrons. The van der Waals surface area contributed by atoms with E-state index in [2.05, 4.69) is 50.8 Å². The summed E-state index contributed by atoms with van der Waals surface area (Å²) in [4.78, 5) is 40.1. The van der Waals surface area contributed by atoms with Crippen molar-refractivity contribution in [1.82, 2.24) is 19.6 Å². The van der Waals surface area contributed by atoms with E-state index >= 15 is 0 Å². The van der Waals surface area contributed by atoms with Crippen molar-refractivity contribution in [1.29, 1.82) is 0 Å². The predicted molar refractivity (Wildman–Crippen MR) is 256 cm³/mol. The van der Waals surface area contributed by atoms with Crippen LogP contribution in [0.15, 0.2) is 89.5 Å². The number of H-pyrrole nitrogens is 1. The van der Waals surface area contributed by atoms with Gasteiger partial charge in [0.2, 0.25) is 5.88 Å². The monoisotopic (exact) mass is 924 g/mol. The smallest absolute Gasteiger partial charge is 0.293 e. The van der Waals surface area contributed by atoms with E-state index in [1.807, 2.05) is 53.1 Å². The number of nitrogens with one attached hydrogen (secondary N) is 3. The highest BCUT2D eigenvalue weighted by atomic mass is 35.5. The third kappa shape index (κ3) is 9.56. The van der Waals surface area contributed by atoms with Crippen LogP contribution in [0.2, 0.25) is 5.02 Å². The number of hydrogen-bond acceptors (Lipinski definition) is 12. The van der Waals surface area contributed by atoms with Gasteiger partial charge in [0.15, 0.2) is 0 Å². The Bertz CT molecular complexity index is 2710. The molecule has 9 rings (SSSR count). The van der Waals surface area contributed by atoms with Gasteiger partial charge < -0.3 is 24.8 Å². The summed E-state index contributed by atoms with van der Waals surface area (Å²) in [5, 5.41) is 16.9. The predicted octanol–water partition coefficient (Wildman–Crippen LogP) is 9.11. The molecule has 0 radical (unpaired) electrons. The number of anilines is 4. The summed E-state index contributed by atoms with van der Waals surface area (Å²) in [6.45, 7) is 9.97. The summed E-state index contributed by atoms with van der Waals surface area (Å²) in [5.74, 6) is 1.99. The topological polar surface area (TPSA) is 166 Å². The number of benzene rings is 3. The molecule has 17 heteroatoms. The number of thioether (sulfide) groups is 1. The number of nitro benzene ring substituents is 1. The summed E-state index contributed by atoms with van der Waals surface area (Å²) >= 11 is 8.16. The van der Waals surface area contributed by atoms with Gasteiger partial charge in [-0.2, -0.15) is 16.7 Å². The molecule has 0 atom stereocenters. The molecule has 0 bridgehead atoms. The number of ether oxygens (including phenoxy) is 1. The minimum absolute atomic E-state index is 0.119. The van der Waals surface area contributed by atoms with Gasteiger partial charge in [0, 0.05) is 67.6 Å². The van der Waals surface area contributed by atoms with Crippen molar-refractivity contribution < 1.29 is 22.9 Å². The molecule has 3 aliphatic heterocycles. The normalized spacial score (nSPS) is 18.4. The van der Waals surface area contributed by atoms with Crippen molar-refractivity contribution in [2.75, 3.05) is 79.0 Å². The number of sulfonamides is 1. The number of nitro groups is 1. The maximum absolute atomic E-state index is 14.3. The number of carbonyl (C=O) groups is 1. The van der Waals surface area contributed by atoms with E-state index < -0.39 is 20.9 Å². The molecular formula is C47H53ClN8O6S2. The highest BCUT2D eigenvalue weighted by Gasteiger charge is 2.32. The number of aromatic nitrogens is 2. The van der Waals surface area contributed by atoms with Crippen LogP contribution in [-0.2, 0) is 10.0 Å². The number of carbonyl (C=O) groups excluding carboxylic acids is 1. The van der Waals surface area contributed by atoms with Crippen LogP contribution >= 0.6 is 23.4 Å². The molecule has 2 aromatic heterocycles. The molecule has 14 nitrogen and oxygen atoms in total. The molecule has 0 unspecified atom stereocenters. The number of nitrogens with zero attached hydrogens (tertiary/aromatic N) is 5. The number of pyridine rings is 1. The molecule has 3 N–H and O–H groups in total. The molecule has 4 aliphatic rings. The van der Waals surface area contributed by atoms with Crippen LogP contribution in [-0.4, -0.2) is 98.0 Å². The second kappa shape index (κ2) is 18.3. The first-order valence-electron chi connectivity index (χ1n) is 21.9. The van der Waals surface area contributed by atoms with Gasteiger partial charge in [0.1, 0.15) is 23.6 Å². The van der Waals surface area contributed by atoms with Crippen LogP contribution in [0.25, 0.3) is 16.6 Å². The van der Waals surface area contributed by atoms with Gasteiger partial charge in [0.25, 0.3) is 21.6 Å². The van der Waals surface area contributed by atoms with Crippen molar-refractivity contribution in [2.24, 2.45) is 11.3 Å².